The van der Waals surface area contributed by atoms with Crippen molar-refractivity contribution in [1.29, 1.82) is 0 Å². The number of ether oxygens (including phenoxy) is 1. The van der Waals surface area contributed by atoms with E-state index in [1.807, 2.05) is 6.92 Å². The third-order valence-corrected chi connectivity index (χ3v) is 3.30. The molecule has 1 saturated heterocycles. The highest BCUT2D eigenvalue weighted by Crippen LogP contribution is 2.21. The van der Waals surface area contributed by atoms with Crippen molar-refractivity contribution in [3.8, 4) is 0 Å². The quantitative estimate of drug-likeness (QED) is 0.773. The van der Waals surface area contributed by atoms with E-state index in [4.69, 9.17) is 4.74 Å². The van der Waals surface area contributed by atoms with Crippen molar-refractivity contribution in [3.63, 3.8) is 0 Å². The fourth-order valence-electron chi connectivity index (χ4n) is 1.91. The number of carbonyl (C=O) groups is 2. The van der Waals surface area contributed by atoms with E-state index in [2.05, 4.69) is 5.32 Å². The minimum atomic E-state index is -1.17. The summed E-state index contributed by atoms with van der Waals surface area (Å²) in [6.07, 6.45) is 2.54. The van der Waals surface area contributed by atoms with Gasteiger partial charge in [0.2, 0.25) is 0 Å². The molecule has 0 saturated carbocycles. The molecule has 2 N–H and O–H groups in total. The average Bonchev–Trinajstić information content (AvgIpc) is 2.36. The Morgan fingerprint density at radius 1 is 1.39 bits per heavy atom. The molecule has 2 amide bonds. The second-order valence-corrected chi connectivity index (χ2v) is 4.70. The van der Waals surface area contributed by atoms with Crippen molar-refractivity contribution in [2.24, 2.45) is 0 Å². The van der Waals surface area contributed by atoms with Crippen molar-refractivity contribution in [2.45, 2.75) is 38.1 Å². The molecule has 0 aromatic rings. The number of rotatable bonds is 5. The number of nitrogens with zero attached hydrogens (tertiary/aromatic N) is 1. The van der Waals surface area contributed by atoms with E-state index in [9.17, 15) is 14.7 Å². The predicted molar refractivity (Wildman–Crippen MR) is 66.5 cm³/mol. The minimum absolute atomic E-state index is 0.315. The zero-order chi connectivity index (χ0) is 13.6. The first-order chi connectivity index (χ1) is 8.52. The zero-order valence-corrected chi connectivity index (χ0v) is 11.1. The van der Waals surface area contributed by atoms with Gasteiger partial charge in [-0.05, 0) is 6.42 Å². The van der Waals surface area contributed by atoms with Gasteiger partial charge in [-0.3, -0.25) is 0 Å². The molecule has 0 aliphatic carbocycles. The number of hydrogen-bond donors (Lipinski definition) is 2. The van der Waals surface area contributed by atoms with Gasteiger partial charge in [0.05, 0.1) is 0 Å². The molecule has 6 nitrogen and oxygen atoms in total. The highest BCUT2D eigenvalue weighted by molar-refractivity contribution is 5.86. The lowest BCUT2D eigenvalue weighted by atomic mass is 9.90. The Morgan fingerprint density at radius 3 is 2.50 bits per heavy atom. The van der Waals surface area contributed by atoms with E-state index in [1.54, 1.807) is 7.05 Å². The normalized spacial score (nSPS) is 18.1. The molecule has 0 aromatic heterocycles. The first-order valence-electron chi connectivity index (χ1n) is 6.36. The fourth-order valence-corrected chi connectivity index (χ4v) is 1.91. The highest BCUT2D eigenvalue weighted by atomic mass is 16.5. The van der Waals surface area contributed by atoms with Crippen LogP contribution >= 0.6 is 0 Å². The van der Waals surface area contributed by atoms with Gasteiger partial charge < -0.3 is 20.1 Å². The third kappa shape index (κ3) is 3.60. The average molecular weight is 258 g/mol. The van der Waals surface area contributed by atoms with Gasteiger partial charge in [-0.1, -0.05) is 13.3 Å². The van der Waals surface area contributed by atoms with Crippen LogP contribution in [0.25, 0.3) is 0 Å². The number of carboxylic acids is 1. The monoisotopic (exact) mass is 258 g/mol. The van der Waals surface area contributed by atoms with Crippen LogP contribution in [0.15, 0.2) is 0 Å². The van der Waals surface area contributed by atoms with Gasteiger partial charge in [-0.15, -0.1) is 0 Å². The highest BCUT2D eigenvalue weighted by Gasteiger charge is 2.42. The Morgan fingerprint density at radius 2 is 2.00 bits per heavy atom. The minimum Gasteiger partial charge on any atom is -0.480 e. The van der Waals surface area contributed by atoms with Gasteiger partial charge in [-0.2, -0.15) is 0 Å². The molecule has 0 aromatic carbocycles. The molecule has 18 heavy (non-hydrogen) atoms. The number of carboxylic acid groups (broad SMARTS) is 1. The largest absolute Gasteiger partial charge is 0.480 e. The molecule has 1 aliphatic rings. The maximum Gasteiger partial charge on any atom is 0.329 e. The predicted octanol–water partition coefficient (Wildman–Crippen LogP) is 1.06. The van der Waals surface area contributed by atoms with Gasteiger partial charge >= 0.3 is 12.0 Å². The van der Waals surface area contributed by atoms with Crippen molar-refractivity contribution < 1.29 is 19.4 Å². The molecule has 104 valence electrons. The van der Waals surface area contributed by atoms with Crippen LogP contribution in [0.5, 0.6) is 0 Å². The molecule has 0 bridgehead atoms. The van der Waals surface area contributed by atoms with E-state index in [0.717, 1.165) is 12.8 Å². The van der Waals surface area contributed by atoms with Crippen LogP contribution in [0.3, 0.4) is 0 Å². The SMILES string of the molecule is CCCCN(C)C(=O)NC1(C(=O)O)CCOCC1. The number of urea groups is 1. The van der Waals surface area contributed by atoms with Crippen LogP contribution in [-0.2, 0) is 9.53 Å². The van der Waals surface area contributed by atoms with E-state index in [-0.39, 0.29) is 6.03 Å². The van der Waals surface area contributed by atoms with Gasteiger partial charge in [0.1, 0.15) is 5.54 Å². The summed E-state index contributed by atoms with van der Waals surface area (Å²) < 4.78 is 5.15. The molecule has 1 aliphatic heterocycles. The molecule has 1 rings (SSSR count). The standard InChI is InChI=1S/C12H22N2O4/c1-3-4-7-14(2)11(17)13-12(10(15)16)5-8-18-9-6-12/h3-9H2,1-2H3,(H,13,17)(H,15,16). The number of hydrogen-bond acceptors (Lipinski definition) is 3. The fraction of sp³-hybridized carbons (Fsp3) is 0.833. The van der Waals surface area contributed by atoms with Crippen LogP contribution < -0.4 is 5.32 Å². The molecular formula is C12H22N2O4. The second kappa shape index (κ2) is 6.58. The summed E-state index contributed by atoms with van der Waals surface area (Å²) in [5, 5.41) is 12.0. The van der Waals surface area contributed by atoms with Crippen LogP contribution in [0.2, 0.25) is 0 Å². The first-order valence-corrected chi connectivity index (χ1v) is 6.36. The lowest BCUT2D eigenvalue weighted by Gasteiger charge is -2.35. The van der Waals surface area contributed by atoms with E-state index >= 15 is 0 Å². The molecular weight excluding hydrogens is 236 g/mol. The molecule has 0 spiro atoms. The molecule has 6 heteroatoms. The van der Waals surface area contributed by atoms with E-state index < -0.39 is 11.5 Å². The topological polar surface area (TPSA) is 78.9 Å². The van der Waals surface area contributed by atoms with Crippen LogP contribution in [-0.4, -0.2) is 54.4 Å². The number of unbranched alkanes of at least 4 members (excludes halogenated alkanes) is 1. The van der Waals surface area contributed by atoms with Gasteiger partial charge in [0.15, 0.2) is 0 Å². The Kier molecular flexibility index (Phi) is 5.40. The summed E-state index contributed by atoms with van der Waals surface area (Å²) in [5.74, 6) is -0.983. The summed E-state index contributed by atoms with van der Waals surface area (Å²) in [6, 6.07) is -0.326. The number of carbonyl (C=O) groups excluding carboxylic acids is 1. The molecule has 1 fully saturated rings. The van der Waals surface area contributed by atoms with E-state index in [1.165, 1.54) is 4.90 Å². The molecule has 0 atom stereocenters. The first kappa shape index (κ1) is 14.8. The summed E-state index contributed by atoms with van der Waals surface area (Å²) in [7, 11) is 1.68. The van der Waals surface area contributed by atoms with Crippen LogP contribution in [0.1, 0.15) is 32.6 Å². The van der Waals surface area contributed by atoms with Crippen LogP contribution in [0, 0.1) is 0 Å². The molecule has 0 radical (unpaired) electrons. The second-order valence-electron chi connectivity index (χ2n) is 4.70. The van der Waals surface area contributed by atoms with Crippen molar-refractivity contribution in [2.75, 3.05) is 26.8 Å². The summed E-state index contributed by atoms with van der Waals surface area (Å²) in [4.78, 5) is 24.8. The van der Waals surface area contributed by atoms with Gasteiger partial charge in [0.25, 0.3) is 0 Å². The van der Waals surface area contributed by atoms with Crippen molar-refractivity contribution in [3.05, 3.63) is 0 Å². The lowest BCUT2D eigenvalue weighted by molar-refractivity contribution is -0.148. The Hall–Kier alpha value is -1.30. The lowest BCUT2D eigenvalue weighted by Crippen LogP contribution is -2.59. The number of aliphatic carboxylic acids is 1. The van der Waals surface area contributed by atoms with Gasteiger partial charge in [0, 0.05) is 39.6 Å². The summed E-state index contributed by atoms with van der Waals surface area (Å²) in [6.45, 7) is 3.41. The van der Waals surface area contributed by atoms with Crippen LogP contribution in [0.4, 0.5) is 4.79 Å². The maximum absolute atomic E-state index is 11.9. The third-order valence-electron chi connectivity index (χ3n) is 3.30. The zero-order valence-electron chi connectivity index (χ0n) is 11.1. The van der Waals surface area contributed by atoms with Crippen molar-refractivity contribution in [1.82, 2.24) is 10.2 Å². The van der Waals surface area contributed by atoms with Crippen molar-refractivity contribution >= 4 is 12.0 Å². The summed E-state index contributed by atoms with van der Waals surface area (Å²) >= 11 is 0. The molecule has 1 heterocycles. The maximum atomic E-state index is 11.9. The Bertz CT molecular complexity index is 300. The Balaban J connectivity index is 2.60. The van der Waals surface area contributed by atoms with E-state index in [0.29, 0.717) is 32.6 Å². The number of amides is 2. The molecule has 0 unspecified atom stereocenters. The Labute approximate surface area is 107 Å². The smallest absolute Gasteiger partial charge is 0.329 e. The van der Waals surface area contributed by atoms with Gasteiger partial charge in [-0.25, -0.2) is 9.59 Å². The number of nitrogens with one attached hydrogen (secondary N) is 1. The summed E-state index contributed by atoms with van der Waals surface area (Å²) in [5.41, 5.74) is -1.17.